The van der Waals surface area contributed by atoms with Gasteiger partial charge in [0.1, 0.15) is 5.60 Å². The number of carbonyl (C=O) groups is 1. The highest BCUT2D eigenvalue weighted by Crippen LogP contribution is 2.48. The van der Waals surface area contributed by atoms with Crippen molar-refractivity contribution in [3.05, 3.63) is 35.9 Å². The van der Waals surface area contributed by atoms with E-state index in [-0.39, 0.29) is 18.6 Å². The number of hydrogen-bond donors (Lipinski definition) is 1. The highest BCUT2D eigenvalue weighted by atomic mass is 16.6. The van der Waals surface area contributed by atoms with E-state index >= 15 is 0 Å². The van der Waals surface area contributed by atoms with E-state index in [9.17, 15) is 9.90 Å². The van der Waals surface area contributed by atoms with E-state index in [1.54, 1.807) is 4.90 Å². The topological polar surface area (TPSA) is 59.0 Å². The van der Waals surface area contributed by atoms with Gasteiger partial charge >= 0.3 is 6.09 Å². The van der Waals surface area contributed by atoms with Gasteiger partial charge in [0.15, 0.2) is 0 Å². The molecule has 0 unspecified atom stereocenters. The zero-order valence-electron chi connectivity index (χ0n) is 15.1. The number of rotatable bonds is 7. The van der Waals surface area contributed by atoms with E-state index in [0.717, 1.165) is 12.0 Å². The Hall–Kier alpha value is -1.59. The molecular weight excluding hydrogens is 306 g/mol. The van der Waals surface area contributed by atoms with Crippen molar-refractivity contribution in [1.82, 2.24) is 4.90 Å². The zero-order valence-corrected chi connectivity index (χ0v) is 15.1. The standard InChI is InChI=1S/C19H29NO4/c1-5-20(17(22)24-18(2,3)4)19(14-21)11-16(19)13-23-12-15-9-7-6-8-10-15/h6-10,16,21H,5,11-14H2,1-4H3/t16-,19-/m0/s1. The van der Waals surface area contributed by atoms with Gasteiger partial charge in [-0.2, -0.15) is 0 Å². The first-order valence-corrected chi connectivity index (χ1v) is 8.55. The molecule has 1 aliphatic rings. The van der Waals surface area contributed by atoms with E-state index in [1.165, 1.54) is 0 Å². The van der Waals surface area contributed by atoms with Crippen molar-refractivity contribution in [2.75, 3.05) is 19.8 Å². The summed E-state index contributed by atoms with van der Waals surface area (Å²) in [6, 6.07) is 9.97. The number of amides is 1. The SMILES string of the molecule is CCN(C(=O)OC(C)(C)C)[C@]1(CO)C[C@H]1COCc1ccccc1. The minimum atomic E-state index is -0.548. The van der Waals surface area contributed by atoms with Gasteiger partial charge in [-0.25, -0.2) is 4.79 Å². The Labute approximate surface area is 144 Å². The van der Waals surface area contributed by atoms with Crippen LogP contribution in [0.3, 0.4) is 0 Å². The maximum absolute atomic E-state index is 12.4. The van der Waals surface area contributed by atoms with Gasteiger partial charge < -0.3 is 19.5 Å². The van der Waals surface area contributed by atoms with E-state index in [1.807, 2.05) is 58.0 Å². The van der Waals surface area contributed by atoms with Crippen molar-refractivity contribution in [3.63, 3.8) is 0 Å². The van der Waals surface area contributed by atoms with Gasteiger partial charge in [-0.3, -0.25) is 0 Å². The molecule has 0 heterocycles. The fourth-order valence-corrected chi connectivity index (χ4v) is 3.03. The van der Waals surface area contributed by atoms with Crippen LogP contribution in [0.25, 0.3) is 0 Å². The molecule has 0 aromatic heterocycles. The Morgan fingerprint density at radius 3 is 2.54 bits per heavy atom. The number of hydrogen-bond acceptors (Lipinski definition) is 4. The molecule has 1 aromatic carbocycles. The lowest BCUT2D eigenvalue weighted by atomic mass is 10.1. The Balaban J connectivity index is 1.91. The summed E-state index contributed by atoms with van der Waals surface area (Å²) in [6.07, 6.45) is 0.371. The number of nitrogens with zero attached hydrogens (tertiary/aromatic N) is 1. The van der Waals surface area contributed by atoms with Gasteiger partial charge in [-0.1, -0.05) is 30.3 Å². The van der Waals surface area contributed by atoms with Crippen LogP contribution >= 0.6 is 0 Å². The summed E-state index contributed by atoms with van der Waals surface area (Å²) < 4.78 is 11.3. The van der Waals surface area contributed by atoms with Crippen LogP contribution in [0.4, 0.5) is 4.79 Å². The normalized spacial score (nSPS) is 23.0. The van der Waals surface area contributed by atoms with Crippen LogP contribution in [0.1, 0.15) is 39.7 Å². The number of aliphatic hydroxyl groups is 1. The predicted octanol–water partition coefficient (Wildman–Crippen LogP) is 3.21. The third-order valence-electron chi connectivity index (χ3n) is 4.37. The summed E-state index contributed by atoms with van der Waals surface area (Å²) in [5.41, 5.74) is 0.0237. The first kappa shape index (κ1) is 18.7. The average Bonchev–Trinajstić information content (AvgIpc) is 3.21. The second-order valence-electron chi connectivity index (χ2n) is 7.39. The Morgan fingerprint density at radius 2 is 2.00 bits per heavy atom. The number of likely N-dealkylation sites (N-methyl/N-ethyl adjacent to an activating group) is 1. The quantitative estimate of drug-likeness (QED) is 0.831. The first-order valence-electron chi connectivity index (χ1n) is 8.55. The Morgan fingerprint density at radius 1 is 1.33 bits per heavy atom. The summed E-state index contributed by atoms with van der Waals surface area (Å²) in [5, 5.41) is 9.89. The van der Waals surface area contributed by atoms with Gasteiger partial charge in [0, 0.05) is 12.5 Å². The van der Waals surface area contributed by atoms with Crippen LogP contribution in [-0.4, -0.2) is 47.0 Å². The summed E-state index contributed by atoms with van der Waals surface area (Å²) in [6.45, 7) is 8.94. The molecule has 0 saturated heterocycles. The molecule has 1 aliphatic carbocycles. The summed E-state index contributed by atoms with van der Waals surface area (Å²) in [7, 11) is 0. The summed E-state index contributed by atoms with van der Waals surface area (Å²) in [4.78, 5) is 14.1. The zero-order chi connectivity index (χ0) is 17.8. The molecule has 0 bridgehead atoms. The fourth-order valence-electron chi connectivity index (χ4n) is 3.03. The minimum absolute atomic E-state index is 0.0700. The Bertz CT molecular complexity index is 540. The largest absolute Gasteiger partial charge is 0.444 e. The minimum Gasteiger partial charge on any atom is -0.444 e. The number of aliphatic hydroxyl groups excluding tert-OH is 1. The molecule has 0 spiro atoms. The van der Waals surface area contributed by atoms with E-state index in [4.69, 9.17) is 9.47 Å². The molecule has 0 radical (unpaired) electrons. The molecule has 1 fully saturated rings. The smallest absolute Gasteiger partial charge is 0.410 e. The summed E-state index contributed by atoms with van der Waals surface area (Å²) >= 11 is 0. The monoisotopic (exact) mass is 335 g/mol. The summed E-state index contributed by atoms with van der Waals surface area (Å²) in [5.74, 6) is 0.138. The van der Waals surface area contributed by atoms with Gasteiger partial charge in [-0.15, -0.1) is 0 Å². The van der Waals surface area contributed by atoms with Gasteiger partial charge in [0.25, 0.3) is 0 Å². The fraction of sp³-hybridized carbons (Fsp3) is 0.632. The first-order chi connectivity index (χ1) is 11.3. The van der Waals surface area contributed by atoms with Crippen molar-refractivity contribution >= 4 is 6.09 Å². The lowest BCUT2D eigenvalue weighted by molar-refractivity contribution is -0.00101. The highest BCUT2D eigenvalue weighted by Gasteiger charge is 2.59. The van der Waals surface area contributed by atoms with Crippen molar-refractivity contribution in [2.24, 2.45) is 5.92 Å². The van der Waals surface area contributed by atoms with Crippen LogP contribution in [0, 0.1) is 5.92 Å². The molecule has 1 N–H and O–H groups in total. The molecule has 134 valence electrons. The van der Waals surface area contributed by atoms with Crippen molar-refractivity contribution in [2.45, 2.75) is 51.9 Å². The van der Waals surface area contributed by atoms with Crippen molar-refractivity contribution in [1.29, 1.82) is 0 Å². The molecule has 1 amide bonds. The molecule has 2 rings (SSSR count). The molecular formula is C19H29NO4. The van der Waals surface area contributed by atoms with Crippen LogP contribution < -0.4 is 0 Å². The number of ether oxygens (including phenoxy) is 2. The van der Waals surface area contributed by atoms with Gasteiger partial charge in [0.2, 0.25) is 0 Å². The molecule has 5 heteroatoms. The maximum atomic E-state index is 12.4. The van der Waals surface area contributed by atoms with E-state index < -0.39 is 11.1 Å². The number of benzene rings is 1. The lowest BCUT2D eigenvalue weighted by Gasteiger charge is -2.33. The Kier molecular flexibility index (Phi) is 5.88. The second kappa shape index (κ2) is 7.53. The van der Waals surface area contributed by atoms with Crippen LogP contribution in [0.5, 0.6) is 0 Å². The second-order valence-corrected chi connectivity index (χ2v) is 7.39. The van der Waals surface area contributed by atoms with Crippen LogP contribution in [0.15, 0.2) is 30.3 Å². The van der Waals surface area contributed by atoms with Crippen molar-refractivity contribution < 1.29 is 19.4 Å². The highest BCUT2D eigenvalue weighted by molar-refractivity contribution is 5.70. The maximum Gasteiger partial charge on any atom is 0.410 e. The predicted molar refractivity (Wildman–Crippen MR) is 92.6 cm³/mol. The average molecular weight is 335 g/mol. The van der Waals surface area contributed by atoms with Gasteiger partial charge in [0.05, 0.1) is 25.4 Å². The van der Waals surface area contributed by atoms with E-state index in [2.05, 4.69) is 0 Å². The van der Waals surface area contributed by atoms with Gasteiger partial charge in [-0.05, 0) is 39.7 Å². The van der Waals surface area contributed by atoms with Crippen LogP contribution in [-0.2, 0) is 16.1 Å². The lowest BCUT2D eigenvalue weighted by Crippen LogP contribution is -2.48. The third-order valence-corrected chi connectivity index (χ3v) is 4.37. The van der Waals surface area contributed by atoms with Crippen molar-refractivity contribution in [3.8, 4) is 0 Å². The molecule has 0 aliphatic heterocycles. The molecule has 24 heavy (non-hydrogen) atoms. The van der Waals surface area contributed by atoms with Crippen LogP contribution in [0.2, 0.25) is 0 Å². The molecule has 5 nitrogen and oxygen atoms in total. The molecule has 1 aromatic rings. The third kappa shape index (κ3) is 4.48. The number of carbonyl (C=O) groups excluding carboxylic acids is 1. The molecule has 1 saturated carbocycles. The molecule has 2 atom stereocenters. The van der Waals surface area contributed by atoms with E-state index in [0.29, 0.717) is 19.8 Å².